The predicted octanol–water partition coefficient (Wildman–Crippen LogP) is 6.55. The fraction of sp³-hybridized carbons (Fsp3) is 0.100. The van der Waals surface area contributed by atoms with E-state index in [9.17, 15) is 4.79 Å². The molecule has 5 aromatic rings. The Bertz CT molecular complexity index is 1400. The van der Waals surface area contributed by atoms with Crippen LogP contribution in [0, 0.1) is 0 Å². The Balaban J connectivity index is 1.29. The van der Waals surface area contributed by atoms with E-state index in [0.717, 1.165) is 22.4 Å². The lowest BCUT2D eigenvalue weighted by atomic mass is 10.0. The molecule has 5 nitrogen and oxygen atoms in total. The molecule has 0 saturated heterocycles. The molecule has 0 unspecified atom stereocenters. The van der Waals surface area contributed by atoms with E-state index >= 15 is 0 Å². The zero-order chi connectivity index (χ0) is 24.6. The van der Waals surface area contributed by atoms with Gasteiger partial charge in [-0.3, -0.25) is 9.36 Å². The Morgan fingerprint density at radius 2 is 1.33 bits per heavy atom. The van der Waals surface area contributed by atoms with Crippen LogP contribution in [0.1, 0.15) is 21.7 Å². The summed E-state index contributed by atoms with van der Waals surface area (Å²) >= 11 is 1.40. The second-order valence-corrected chi connectivity index (χ2v) is 9.17. The third-order valence-electron chi connectivity index (χ3n) is 5.73. The maximum atomic E-state index is 12.9. The van der Waals surface area contributed by atoms with Crippen molar-refractivity contribution in [1.82, 2.24) is 14.8 Å². The number of para-hydroxylation sites is 1. The van der Waals surface area contributed by atoms with Crippen LogP contribution in [-0.4, -0.2) is 26.3 Å². The van der Waals surface area contributed by atoms with Gasteiger partial charge < -0.3 is 4.74 Å². The van der Waals surface area contributed by atoms with Gasteiger partial charge in [0.1, 0.15) is 12.4 Å². The summed E-state index contributed by atoms with van der Waals surface area (Å²) in [4.78, 5) is 12.9. The summed E-state index contributed by atoms with van der Waals surface area (Å²) < 4.78 is 7.95. The van der Waals surface area contributed by atoms with Crippen LogP contribution in [-0.2, 0) is 13.2 Å². The van der Waals surface area contributed by atoms with Crippen molar-refractivity contribution < 1.29 is 9.53 Å². The van der Waals surface area contributed by atoms with Gasteiger partial charge in [0.25, 0.3) is 0 Å². The summed E-state index contributed by atoms with van der Waals surface area (Å²) in [6, 6.07) is 37.7. The van der Waals surface area contributed by atoms with Crippen LogP contribution < -0.4 is 4.74 Å². The fourth-order valence-corrected chi connectivity index (χ4v) is 4.67. The van der Waals surface area contributed by atoms with Crippen molar-refractivity contribution >= 4 is 17.5 Å². The van der Waals surface area contributed by atoms with Gasteiger partial charge in [-0.15, -0.1) is 10.2 Å². The molecule has 4 aromatic carbocycles. The molecule has 6 heteroatoms. The number of carbonyl (C=O) groups excluding carboxylic acids is 1. The molecule has 0 aliphatic heterocycles. The summed E-state index contributed by atoms with van der Waals surface area (Å²) in [7, 11) is 0. The SMILES string of the molecule is O=C(CSc1nnc(COc2ccccc2)n1Cc1ccccc1)c1ccc(-c2ccccc2)cc1. The average molecular weight is 492 g/mol. The van der Waals surface area contributed by atoms with E-state index in [1.165, 1.54) is 11.8 Å². The van der Waals surface area contributed by atoms with Crippen LogP contribution in [0.2, 0.25) is 0 Å². The number of aromatic nitrogens is 3. The van der Waals surface area contributed by atoms with Gasteiger partial charge in [0, 0.05) is 5.56 Å². The lowest BCUT2D eigenvalue weighted by Crippen LogP contribution is -2.10. The van der Waals surface area contributed by atoms with Gasteiger partial charge in [-0.05, 0) is 28.8 Å². The summed E-state index contributed by atoms with van der Waals surface area (Å²) in [5, 5.41) is 9.46. The van der Waals surface area contributed by atoms with Gasteiger partial charge in [-0.2, -0.15) is 0 Å². The number of ether oxygens (including phenoxy) is 1. The van der Waals surface area contributed by atoms with Crippen molar-refractivity contribution in [3.8, 4) is 16.9 Å². The zero-order valence-electron chi connectivity index (χ0n) is 19.7. The van der Waals surface area contributed by atoms with Crippen molar-refractivity contribution in [3.63, 3.8) is 0 Å². The first kappa shape index (κ1) is 23.6. The van der Waals surface area contributed by atoms with Crippen LogP contribution in [0.5, 0.6) is 5.75 Å². The minimum Gasteiger partial charge on any atom is -0.486 e. The van der Waals surface area contributed by atoms with Crippen molar-refractivity contribution in [2.45, 2.75) is 18.3 Å². The van der Waals surface area contributed by atoms with Gasteiger partial charge in [0.2, 0.25) is 0 Å². The molecule has 0 bridgehead atoms. The summed E-state index contributed by atoms with van der Waals surface area (Å²) in [6.45, 7) is 0.892. The summed E-state index contributed by atoms with van der Waals surface area (Å²) in [5.74, 6) is 1.81. The third-order valence-corrected chi connectivity index (χ3v) is 6.70. The molecular formula is C30H25N3O2S. The van der Waals surface area contributed by atoms with E-state index in [0.29, 0.717) is 29.7 Å². The molecule has 0 amide bonds. The first-order valence-corrected chi connectivity index (χ1v) is 12.7. The molecule has 0 fully saturated rings. The number of thioether (sulfide) groups is 1. The number of ketones is 1. The smallest absolute Gasteiger partial charge is 0.192 e. The van der Waals surface area contributed by atoms with Crippen molar-refractivity contribution in [2.24, 2.45) is 0 Å². The average Bonchev–Trinajstić information content (AvgIpc) is 3.33. The number of Topliss-reactive ketones (excluding diaryl/α,β-unsaturated/α-hetero) is 1. The second kappa shape index (κ2) is 11.5. The standard InChI is InChI=1S/C30H25N3O2S/c34-28(26-18-16-25(17-19-26)24-12-6-2-7-13-24)22-36-30-32-31-29(21-35-27-14-8-3-9-15-27)33(30)20-23-10-4-1-5-11-23/h1-19H,20-22H2. The Hall–Kier alpha value is -4.16. The fourth-order valence-electron chi connectivity index (χ4n) is 3.81. The first-order valence-electron chi connectivity index (χ1n) is 11.7. The molecular weight excluding hydrogens is 466 g/mol. The van der Waals surface area contributed by atoms with Crippen LogP contribution in [0.3, 0.4) is 0 Å². The Morgan fingerprint density at radius 1 is 0.722 bits per heavy atom. The highest BCUT2D eigenvalue weighted by atomic mass is 32.2. The van der Waals surface area contributed by atoms with E-state index in [2.05, 4.69) is 34.5 Å². The highest BCUT2D eigenvalue weighted by Crippen LogP contribution is 2.23. The molecule has 178 valence electrons. The van der Waals surface area contributed by atoms with Gasteiger partial charge in [0.05, 0.1) is 12.3 Å². The van der Waals surface area contributed by atoms with Crippen molar-refractivity contribution in [3.05, 3.63) is 132 Å². The number of rotatable bonds is 10. The molecule has 0 radical (unpaired) electrons. The lowest BCUT2D eigenvalue weighted by Gasteiger charge is -2.11. The van der Waals surface area contributed by atoms with Gasteiger partial charge in [0.15, 0.2) is 16.8 Å². The Labute approximate surface area is 214 Å². The van der Waals surface area contributed by atoms with Crippen LogP contribution in [0.25, 0.3) is 11.1 Å². The van der Waals surface area contributed by atoms with Gasteiger partial charge in [-0.25, -0.2) is 0 Å². The molecule has 0 aliphatic carbocycles. The molecule has 0 N–H and O–H groups in total. The Kier molecular flexibility index (Phi) is 7.54. The van der Waals surface area contributed by atoms with E-state index in [1.807, 2.05) is 95.6 Å². The highest BCUT2D eigenvalue weighted by Gasteiger charge is 2.16. The number of hydrogen-bond acceptors (Lipinski definition) is 5. The number of benzene rings is 4. The van der Waals surface area contributed by atoms with Crippen LogP contribution in [0.4, 0.5) is 0 Å². The third kappa shape index (κ3) is 5.90. The Morgan fingerprint density at radius 3 is 2.03 bits per heavy atom. The van der Waals surface area contributed by atoms with Crippen molar-refractivity contribution in [2.75, 3.05) is 5.75 Å². The molecule has 5 rings (SSSR count). The van der Waals surface area contributed by atoms with E-state index in [4.69, 9.17) is 4.74 Å². The molecule has 0 aliphatic rings. The summed E-state index contributed by atoms with van der Waals surface area (Å²) in [6.07, 6.45) is 0. The largest absolute Gasteiger partial charge is 0.486 e. The second-order valence-electron chi connectivity index (χ2n) is 8.23. The monoisotopic (exact) mass is 491 g/mol. The van der Waals surface area contributed by atoms with E-state index in [-0.39, 0.29) is 11.5 Å². The van der Waals surface area contributed by atoms with E-state index < -0.39 is 0 Å². The number of carbonyl (C=O) groups is 1. The van der Waals surface area contributed by atoms with Crippen molar-refractivity contribution in [1.29, 1.82) is 0 Å². The molecule has 1 aromatic heterocycles. The minimum atomic E-state index is 0.0518. The van der Waals surface area contributed by atoms with Crippen LogP contribution >= 0.6 is 11.8 Å². The topological polar surface area (TPSA) is 57.0 Å². The first-order chi connectivity index (χ1) is 17.8. The molecule has 0 saturated carbocycles. The van der Waals surface area contributed by atoms with Gasteiger partial charge in [-0.1, -0.05) is 115 Å². The molecule has 0 atom stereocenters. The number of nitrogens with zero attached hydrogens (tertiary/aromatic N) is 3. The van der Waals surface area contributed by atoms with Crippen LogP contribution in [0.15, 0.2) is 120 Å². The number of hydrogen-bond donors (Lipinski definition) is 0. The maximum Gasteiger partial charge on any atom is 0.192 e. The molecule has 0 spiro atoms. The maximum absolute atomic E-state index is 12.9. The summed E-state index contributed by atoms with van der Waals surface area (Å²) in [5.41, 5.74) is 4.03. The van der Waals surface area contributed by atoms with E-state index in [1.54, 1.807) is 0 Å². The molecule has 1 heterocycles. The zero-order valence-corrected chi connectivity index (χ0v) is 20.5. The van der Waals surface area contributed by atoms with Gasteiger partial charge >= 0.3 is 0 Å². The quantitative estimate of drug-likeness (QED) is 0.164. The minimum absolute atomic E-state index is 0.0518. The molecule has 36 heavy (non-hydrogen) atoms. The predicted molar refractivity (Wildman–Crippen MR) is 143 cm³/mol. The lowest BCUT2D eigenvalue weighted by molar-refractivity contribution is 0.102. The normalized spacial score (nSPS) is 10.8. The highest BCUT2D eigenvalue weighted by molar-refractivity contribution is 7.99.